The molecule has 0 bridgehead atoms. The highest BCUT2D eigenvalue weighted by Gasteiger charge is 2.10. The Hall–Kier alpha value is -1.87. The molecule has 0 unspecified atom stereocenters. The van der Waals surface area contributed by atoms with Crippen molar-refractivity contribution in [3.05, 3.63) is 24.0 Å². The van der Waals surface area contributed by atoms with Crippen molar-refractivity contribution in [3.8, 4) is 5.75 Å². The number of aromatic nitrogens is 2. The van der Waals surface area contributed by atoms with E-state index in [1.165, 1.54) is 36.6 Å². The maximum absolute atomic E-state index is 13.1. The van der Waals surface area contributed by atoms with Crippen LogP contribution in [0.25, 0.3) is 0 Å². The number of carboxylic acids is 1. The average molecular weight is 315 g/mol. The number of rotatable bonds is 6. The third-order valence-electron chi connectivity index (χ3n) is 2.13. The van der Waals surface area contributed by atoms with Crippen LogP contribution >= 0.6 is 23.1 Å². The van der Waals surface area contributed by atoms with Crippen LogP contribution in [0.2, 0.25) is 0 Å². The minimum absolute atomic E-state index is 0.0749. The summed E-state index contributed by atoms with van der Waals surface area (Å²) in [5.41, 5.74) is 0.555. The van der Waals surface area contributed by atoms with Crippen LogP contribution in [-0.4, -0.2) is 34.1 Å². The highest BCUT2D eigenvalue weighted by molar-refractivity contribution is 8.01. The maximum atomic E-state index is 13.1. The average Bonchev–Trinajstić information content (AvgIpc) is 2.86. The Balaban J connectivity index is 2.08. The predicted octanol–water partition coefficient (Wildman–Crippen LogP) is 2.61. The molecular weight excluding hydrogens is 305 g/mol. The number of benzene rings is 1. The van der Waals surface area contributed by atoms with E-state index in [1.54, 1.807) is 0 Å². The van der Waals surface area contributed by atoms with Crippen molar-refractivity contribution in [1.29, 1.82) is 0 Å². The first-order valence-corrected chi connectivity index (χ1v) is 7.17. The molecule has 0 radical (unpaired) electrons. The van der Waals surface area contributed by atoms with Gasteiger partial charge >= 0.3 is 5.97 Å². The maximum Gasteiger partial charge on any atom is 0.313 e. The van der Waals surface area contributed by atoms with Crippen LogP contribution in [-0.2, 0) is 4.79 Å². The first kappa shape index (κ1) is 14.5. The summed E-state index contributed by atoms with van der Waals surface area (Å²) in [5.74, 6) is -1.05. The monoisotopic (exact) mass is 315 g/mol. The lowest BCUT2D eigenvalue weighted by molar-refractivity contribution is -0.133. The van der Waals surface area contributed by atoms with Gasteiger partial charge in [-0.2, -0.15) is 0 Å². The lowest BCUT2D eigenvalue weighted by Gasteiger charge is -2.08. The molecule has 0 atom stereocenters. The molecule has 2 N–H and O–H groups in total. The highest BCUT2D eigenvalue weighted by Crippen LogP contribution is 2.31. The number of carbonyl (C=O) groups is 1. The molecule has 2 rings (SSSR count). The molecule has 0 saturated heterocycles. The van der Waals surface area contributed by atoms with Crippen LogP contribution in [0.4, 0.5) is 15.2 Å². The molecule has 0 saturated carbocycles. The Bertz CT molecular complexity index is 621. The van der Waals surface area contributed by atoms with Crippen LogP contribution < -0.4 is 10.1 Å². The number of halogens is 1. The zero-order chi connectivity index (χ0) is 14.5. The second-order valence-electron chi connectivity index (χ2n) is 3.53. The number of aliphatic carboxylic acids is 1. The van der Waals surface area contributed by atoms with Gasteiger partial charge in [0.05, 0.1) is 18.6 Å². The molecule has 20 heavy (non-hydrogen) atoms. The van der Waals surface area contributed by atoms with Gasteiger partial charge in [-0.25, -0.2) is 4.39 Å². The van der Waals surface area contributed by atoms with Crippen molar-refractivity contribution >= 4 is 39.9 Å². The summed E-state index contributed by atoms with van der Waals surface area (Å²) >= 11 is 2.30. The largest absolute Gasteiger partial charge is 0.494 e. The van der Waals surface area contributed by atoms with Crippen LogP contribution in [0.15, 0.2) is 22.5 Å². The molecule has 2 aromatic rings. The van der Waals surface area contributed by atoms with E-state index in [1.807, 2.05) is 0 Å². The Morgan fingerprint density at radius 3 is 3.05 bits per heavy atom. The minimum Gasteiger partial charge on any atom is -0.494 e. The fourth-order valence-corrected chi connectivity index (χ4v) is 2.81. The summed E-state index contributed by atoms with van der Waals surface area (Å²) in [4.78, 5) is 10.5. The van der Waals surface area contributed by atoms with Crippen LogP contribution in [0.3, 0.4) is 0 Å². The van der Waals surface area contributed by atoms with E-state index in [0.717, 1.165) is 11.8 Å². The number of hydrogen-bond acceptors (Lipinski definition) is 7. The van der Waals surface area contributed by atoms with Crippen LogP contribution in [0, 0.1) is 5.82 Å². The third-order valence-corrected chi connectivity index (χ3v) is 4.09. The Morgan fingerprint density at radius 1 is 1.55 bits per heavy atom. The second kappa shape index (κ2) is 6.53. The van der Waals surface area contributed by atoms with E-state index in [2.05, 4.69) is 15.5 Å². The lowest BCUT2D eigenvalue weighted by atomic mass is 10.3. The molecule has 1 aromatic heterocycles. The molecule has 0 aliphatic carbocycles. The van der Waals surface area contributed by atoms with Gasteiger partial charge in [0.15, 0.2) is 4.34 Å². The van der Waals surface area contributed by atoms with Gasteiger partial charge in [0.25, 0.3) is 0 Å². The van der Waals surface area contributed by atoms with Crippen molar-refractivity contribution in [3.63, 3.8) is 0 Å². The molecule has 1 heterocycles. The third kappa shape index (κ3) is 3.81. The summed E-state index contributed by atoms with van der Waals surface area (Å²) < 4.78 is 18.7. The van der Waals surface area contributed by atoms with Crippen LogP contribution in [0.1, 0.15) is 0 Å². The number of carboxylic acid groups (broad SMARTS) is 1. The molecule has 0 aliphatic heterocycles. The summed E-state index contributed by atoms with van der Waals surface area (Å²) in [6, 6.07) is 4.08. The van der Waals surface area contributed by atoms with E-state index >= 15 is 0 Å². The van der Waals surface area contributed by atoms with Gasteiger partial charge in [-0.1, -0.05) is 23.1 Å². The number of thioether (sulfide) groups is 1. The number of methoxy groups -OCH3 is 1. The lowest BCUT2D eigenvalue weighted by Crippen LogP contribution is -1.96. The molecule has 0 aliphatic rings. The second-order valence-corrected chi connectivity index (χ2v) is 5.73. The van der Waals surface area contributed by atoms with Gasteiger partial charge in [-0.05, 0) is 12.1 Å². The van der Waals surface area contributed by atoms with E-state index in [-0.39, 0.29) is 5.75 Å². The number of anilines is 2. The first-order chi connectivity index (χ1) is 9.58. The topological polar surface area (TPSA) is 84.3 Å². The molecule has 1 aromatic carbocycles. The summed E-state index contributed by atoms with van der Waals surface area (Å²) in [6.07, 6.45) is 0. The summed E-state index contributed by atoms with van der Waals surface area (Å²) in [6.45, 7) is 0. The van der Waals surface area contributed by atoms with Crippen molar-refractivity contribution in [2.45, 2.75) is 4.34 Å². The van der Waals surface area contributed by atoms with Gasteiger partial charge in [0.1, 0.15) is 11.6 Å². The Morgan fingerprint density at radius 2 is 2.35 bits per heavy atom. The van der Waals surface area contributed by atoms with E-state index < -0.39 is 11.8 Å². The van der Waals surface area contributed by atoms with E-state index in [0.29, 0.717) is 20.9 Å². The Labute approximate surface area is 122 Å². The smallest absolute Gasteiger partial charge is 0.313 e. The zero-order valence-corrected chi connectivity index (χ0v) is 11.9. The summed E-state index contributed by atoms with van der Waals surface area (Å²) in [7, 11) is 1.44. The van der Waals surface area contributed by atoms with Crippen molar-refractivity contribution in [2.24, 2.45) is 0 Å². The number of nitrogens with zero attached hydrogens (tertiary/aromatic N) is 2. The standard InChI is InChI=1S/C11H10FN3O3S2/c1-18-8-4-6(12)2-3-7(8)13-10-14-15-11(20-10)19-5-9(16)17/h2-4H,5H2,1H3,(H,13,14)(H,16,17). The fourth-order valence-electron chi connectivity index (χ4n) is 1.33. The van der Waals surface area contributed by atoms with Gasteiger partial charge in [-0.15, -0.1) is 10.2 Å². The van der Waals surface area contributed by atoms with Gasteiger partial charge in [0.2, 0.25) is 5.13 Å². The van der Waals surface area contributed by atoms with Gasteiger partial charge in [-0.3, -0.25) is 4.79 Å². The highest BCUT2D eigenvalue weighted by atomic mass is 32.2. The van der Waals surface area contributed by atoms with Crippen LogP contribution in [0.5, 0.6) is 5.75 Å². The fraction of sp³-hybridized carbons (Fsp3) is 0.182. The van der Waals surface area contributed by atoms with Crippen molar-refractivity contribution in [1.82, 2.24) is 10.2 Å². The molecule has 0 amide bonds. The normalized spacial score (nSPS) is 10.3. The molecule has 0 fully saturated rings. The number of nitrogens with one attached hydrogen (secondary N) is 1. The SMILES string of the molecule is COc1cc(F)ccc1Nc1nnc(SCC(=O)O)s1. The summed E-state index contributed by atoms with van der Waals surface area (Å²) in [5, 5.41) is 19.7. The van der Waals surface area contributed by atoms with Crippen molar-refractivity contribution in [2.75, 3.05) is 18.2 Å². The zero-order valence-electron chi connectivity index (χ0n) is 10.3. The molecule has 106 valence electrons. The molecule has 0 spiro atoms. The van der Waals surface area contributed by atoms with E-state index in [4.69, 9.17) is 9.84 Å². The van der Waals surface area contributed by atoms with Gasteiger partial charge in [0, 0.05) is 6.07 Å². The molecule has 6 nitrogen and oxygen atoms in total. The predicted molar refractivity (Wildman–Crippen MR) is 74.5 cm³/mol. The molecular formula is C11H10FN3O3S2. The molecule has 9 heteroatoms. The van der Waals surface area contributed by atoms with Gasteiger partial charge < -0.3 is 15.2 Å². The number of ether oxygens (including phenoxy) is 1. The quantitative estimate of drug-likeness (QED) is 0.793. The minimum atomic E-state index is -0.917. The Kier molecular flexibility index (Phi) is 4.74. The van der Waals surface area contributed by atoms with Crippen molar-refractivity contribution < 1.29 is 19.0 Å². The van der Waals surface area contributed by atoms with E-state index in [9.17, 15) is 9.18 Å². The number of hydrogen-bond donors (Lipinski definition) is 2. The first-order valence-electron chi connectivity index (χ1n) is 5.37.